The summed E-state index contributed by atoms with van der Waals surface area (Å²) in [4.78, 5) is 4.42. The molecule has 66 valence electrons. The van der Waals surface area contributed by atoms with Gasteiger partial charge in [-0.05, 0) is 33.0 Å². The standard InChI is InChI=1S/C10H16N2/c1-8-5-4-6-10(12-8)7-9(2)11-3/h4-6,9,11H,7H2,1-3H3/t9-/m1/s1. The Morgan fingerprint density at radius 1 is 1.50 bits per heavy atom. The van der Waals surface area contributed by atoms with Gasteiger partial charge in [-0.15, -0.1) is 0 Å². The molecule has 2 nitrogen and oxygen atoms in total. The van der Waals surface area contributed by atoms with Crippen molar-refractivity contribution in [2.45, 2.75) is 26.3 Å². The summed E-state index contributed by atoms with van der Waals surface area (Å²) < 4.78 is 0. The largest absolute Gasteiger partial charge is 0.317 e. The third kappa shape index (κ3) is 2.62. The molecular formula is C10H16N2. The third-order valence-electron chi connectivity index (χ3n) is 1.95. The first-order valence-electron chi connectivity index (χ1n) is 4.32. The maximum absolute atomic E-state index is 4.42. The zero-order valence-electron chi connectivity index (χ0n) is 7.96. The molecule has 1 heterocycles. The zero-order chi connectivity index (χ0) is 8.97. The number of likely N-dealkylation sites (N-methyl/N-ethyl adjacent to an activating group) is 1. The van der Waals surface area contributed by atoms with Crippen molar-refractivity contribution in [1.29, 1.82) is 0 Å². The molecule has 0 fully saturated rings. The van der Waals surface area contributed by atoms with Crippen LogP contribution in [0.15, 0.2) is 18.2 Å². The molecule has 0 saturated heterocycles. The van der Waals surface area contributed by atoms with Gasteiger partial charge in [-0.25, -0.2) is 0 Å². The normalized spacial score (nSPS) is 12.9. The fraction of sp³-hybridized carbons (Fsp3) is 0.500. The van der Waals surface area contributed by atoms with Crippen LogP contribution in [-0.2, 0) is 6.42 Å². The van der Waals surface area contributed by atoms with Crippen molar-refractivity contribution in [3.05, 3.63) is 29.6 Å². The van der Waals surface area contributed by atoms with Crippen LogP contribution < -0.4 is 5.32 Å². The van der Waals surface area contributed by atoms with E-state index in [1.807, 2.05) is 20.0 Å². The molecule has 0 unspecified atom stereocenters. The van der Waals surface area contributed by atoms with Crippen LogP contribution in [0.4, 0.5) is 0 Å². The summed E-state index contributed by atoms with van der Waals surface area (Å²) in [5, 5.41) is 3.19. The number of rotatable bonds is 3. The van der Waals surface area contributed by atoms with Crippen molar-refractivity contribution in [3.8, 4) is 0 Å². The topological polar surface area (TPSA) is 24.9 Å². The van der Waals surface area contributed by atoms with Gasteiger partial charge in [0.05, 0.1) is 0 Å². The Bertz CT molecular complexity index is 245. The fourth-order valence-corrected chi connectivity index (χ4v) is 1.13. The number of pyridine rings is 1. The van der Waals surface area contributed by atoms with E-state index in [1.165, 1.54) is 0 Å². The summed E-state index contributed by atoms with van der Waals surface area (Å²) in [6.07, 6.45) is 0.998. The number of hydrogen-bond acceptors (Lipinski definition) is 2. The van der Waals surface area contributed by atoms with Gasteiger partial charge in [0.1, 0.15) is 0 Å². The van der Waals surface area contributed by atoms with Gasteiger partial charge in [0, 0.05) is 23.9 Å². The Morgan fingerprint density at radius 2 is 2.25 bits per heavy atom. The monoisotopic (exact) mass is 164 g/mol. The van der Waals surface area contributed by atoms with E-state index in [2.05, 4.69) is 29.4 Å². The molecule has 0 aliphatic heterocycles. The highest BCUT2D eigenvalue weighted by atomic mass is 14.9. The minimum atomic E-state index is 0.499. The number of aryl methyl sites for hydroxylation is 1. The van der Waals surface area contributed by atoms with E-state index in [-0.39, 0.29) is 0 Å². The number of hydrogen-bond donors (Lipinski definition) is 1. The van der Waals surface area contributed by atoms with Gasteiger partial charge < -0.3 is 5.32 Å². The van der Waals surface area contributed by atoms with Crippen molar-refractivity contribution >= 4 is 0 Å². The molecular weight excluding hydrogens is 148 g/mol. The van der Waals surface area contributed by atoms with Gasteiger partial charge in [-0.2, -0.15) is 0 Å². The molecule has 0 radical (unpaired) electrons. The van der Waals surface area contributed by atoms with Crippen molar-refractivity contribution in [1.82, 2.24) is 10.3 Å². The quantitative estimate of drug-likeness (QED) is 0.733. The average Bonchev–Trinajstić information content (AvgIpc) is 2.04. The maximum Gasteiger partial charge on any atom is 0.0422 e. The lowest BCUT2D eigenvalue weighted by molar-refractivity contribution is 0.600. The lowest BCUT2D eigenvalue weighted by atomic mass is 10.1. The Balaban J connectivity index is 2.63. The molecule has 1 rings (SSSR count). The van der Waals surface area contributed by atoms with E-state index in [0.29, 0.717) is 6.04 Å². The maximum atomic E-state index is 4.42. The van der Waals surface area contributed by atoms with Crippen molar-refractivity contribution in [2.24, 2.45) is 0 Å². The molecule has 0 aromatic carbocycles. The molecule has 2 heteroatoms. The van der Waals surface area contributed by atoms with Crippen LogP contribution >= 0.6 is 0 Å². The van der Waals surface area contributed by atoms with Gasteiger partial charge in [0.2, 0.25) is 0 Å². The molecule has 1 atom stereocenters. The van der Waals surface area contributed by atoms with Crippen LogP contribution in [0.2, 0.25) is 0 Å². The lowest BCUT2D eigenvalue weighted by Gasteiger charge is -2.08. The molecule has 1 N–H and O–H groups in total. The van der Waals surface area contributed by atoms with Crippen LogP contribution in [0, 0.1) is 6.92 Å². The van der Waals surface area contributed by atoms with Gasteiger partial charge in [-0.1, -0.05) is 6.07 Å². The van der Waals surface area contributed by atoms with Crippen molar-refractivity contribution in [3.63, 3.8) is 0 Å². The molecule has 0 saturated carbocycles. The number of aromatic nitrogens is 1. The van der Waals surface area contributed by atoms with Crippen molar-refractivity contribution in [2.75, 3.05) is 7.05 Å². The van der Waals surface area contributed by atoms with E-state index in [0.717, 1.165) is 17.8 Å². The Kier molecular flexibility index (Phi) is 3.23. The predicted molar refractivity (Wildman–Crippen MR) is 51.2 cm³/mol. The Hall–Kier alpha value is -0.890. The fourth-order valence-electron chi connectivity index (χ4n) is 1.13. The number of nitrogens with zero attached hydrogens (tertiary/aromatic N) is 1. The Morgan fingerprint density at radius 3 is 2.83 bits per heavy atom. The molecule has 12 heavy (non-hydrogen) atoms. The highest BCUT2D eigenvalue weighted by molar-refractivity contribution is 5.10. The van der Waals surface area contributed by atoms with E-state index >= 15 is 0 Å². The smallest absolute Gasteiger partial charge is 0.0422 e. The molecule has 0 bridgehead atoms. The van der Waals surface area contributed by atoms with Crippen LogP contribution in [0.1, 0.15) is 18.3 Å². The van der Waals surface area contributed by atoms with Gasteiger partial charge >= 0.3 is 0 Å². The molecule has 0 aliphatic rings. The zero-order valence-corrected chi connectivity index (χ0v) is 7.96. The molecule has 1 aromatic rings. The van der Waals surface area contributed by atoms with E-state index in [4.69, 9.17) is 0 Å². The van der Waals surface area contributed by atoms with Gasteiger partial charge in [-0.3, -0.25) is 4.98 Å². The summed E-state index contributed by atoms with van der Waals surface area (Å²) in [5.41, 5.74) is 2.26. The minimum absolute atomic E-state index is 0.499. The van der Waals surface area contributed by atoms with Crippen LogP contribution in [0.3, 0.4) is 0 Å². The van der Waals surface area contributed by atoms with Crippen LogP contribution in [0.25, 0.3) is 0 Å². The summed E-state index contributed by atoms with van der Waals surface area (Å²) in [7, 11) is 1.97. The van der Waals surface area contributed by atoms with Crippen LogP contribution in [0.5, 0.6) is 0 Å². The first-order chi connectivity index (χ1) is 5.72. The van der Waals surface area contributed by atoms with E-state index < -0.39 is 0 Å². The lowest BCUT2D eigenvalue weighted by Crippen LogP contribution is -2.24. The average molecular weight is 164 g/mol. The summed E-state index contributed by atoms with van der Waals surface area (Å²) in [6.45, 7) is 4.18. The molecule has 1 aromatic heterocycles. The molecule has 0 spiro atoms. The third-order valence-corrected chi connectivity index (χ3v) is 1.95. The first kappa shape index (κ1) is 9.20. The highest BCUT2D eigenvalue weighted by Crippen LogP contribution is 2.01. The minimum Gasteiger partial charge on any atom is -0.317 e. The highest BCUT2D eigenvalue weighted by Gasteiger charge is 2.00. The molecule has 0 amide bonds. The van der Waals surface area contributed by atoms with Gasteiger partial charge in [0.25, 0.3) is 0 Å². The van der Waals surface area contributed by atoms with E-state index in [9.17, 15) is 0 Å². The number of nitrogens with one attached hydrogen (secondary N) is 1. The summed E-state index contributed by atoms with van der Waals surface area (Å²) in [6, 6.07) is 6.65. The summed E-state index contributed by atoms with van der Waals surface area (Å²) >= 11 is 0. The van der Waals surface area contributed by atoms with Crippen molar-refractivity contribution < 1.29 is 0 Å². The first-order valence-corrected chi connectivity index (χ1v) is 4.32. The second-order valence-electron chi connectivity index (χ2n) is 3.16. The second-order valence-corrected chi connectivity index (χ2v) is 3.16. The summed E-state index contributed by atoms with van der Waals surface area (Å²) in [5.74, 6) is 0. The second kappa shape index (κ2) is 4.21. The SMILES string of the molecule is CN[C@H](C)Cc1cccc(C)n1. The predicted octanol–water partition coefficient (Wildman–Crippen LogP) is 1.54. The Labute approximate surface area is 74.0 Å². The van der Waals surface area contributed by atoms with E-state index in [1.54, 1.807) is 0 Å². The van der Waals surface area contributed by atoms with Gasteiger partial charge in [0.15, 0.2) is 0 Å². The molecule has 0 aliphatic carbocycles. The van der Waals surface area contributed by atoms with Crippen LogP contribution in [-0.4, -0.2) is 18.1 Å².